The zero-order valence-corrected chi connectivity index (χ0v) is 12.6. The summed E-state index contributed by atoms with van der Waals surface area (Å²) in [4.78, 5) is 25.1. The molecule has 0 aromatic heterocycles. The topological polar surface area (TPSA) is 58.6 Å². The van der Waals surface area contributed by atoms with Gasteiger partial charge in [0.25, 0.3) is 0 Å². The van der Waals surface area contributed by atoms with Crippen molar-refractivity contribution in [3.63, 3.8) is 0 Å². The van der Waals surface area contributed by atoms with E-state index < -0.39 is 0 Å². The van der Waals surface area contributed by atoms with Crippen LogP contribution in [0.5, 0.6) is 0 Å². The zero-order chi connectivity index (χ0) is 15.2. The van der Waals surface area contributed by atoms with Crippen LogP contribution in [-0.2, 0) is 16.0 Å². The summed E-state index contributed by atoms with van der Waals surface area (Å²) in [6, 6.07) is 8.05. The van der Waals surface area contributed by atoms with Crippen molar-refractivity contribution in [3.05, 3.63) is 35.4 Å². The Hall–Kier alpha value is -2.04. The first-order valence-corrected chi connectivity index (χ1v) is 7.27. The lowest BCUT2D eigenvalue weighted by Crippen LogP contribution is -2.46. The van der Waals surface area contributed by atoms with E-state index in [9.17, 15) is 9.59 Å². The van der Waals surface area contributed by atoms with Crippen LogP contribution in [0.1, 0.15) is 24.0 Å². The lowest BCUT2D eigenvalue weighted by Gasteiger charge is -2.31. The Balaban J connectivity index is 1.80. The van der Waals surface area contributed by atoms with E-state index in [1.165, 1.54) is 7.11 Å². The van der Waals surface area contributed by atoms with Gasteiger partial charge < -0.3 is 15.0 Å². The summed E-state index contributed by atoms with van der Waals surface area (Å²) >= 11 is 0. The molecule has 0 saturated carbocycles. The van der Waals surface area contributed by atoms with Crippen LogP contribution in [0.4, 0.5) is 4.79 Å². The van der Waals surface area contributed by atoms with Crippen LogP contribution in [0.2, 0.25) is 0 Å². The summed E-state index contributed by atoms with van der Waals surface area (Å²) in [6.45, 7) is 3.27. The van der Waals surface area contributed by atoms with Crippen LogP contribution >= 0.6 is 0 Å². The fourth-order valence-corrected chi connectivity index (χ4v) is 2.60. The molecule has 0 unspecified atom stereocenters. The van der Waals surface area contributed by atoms with E-state index >= 15 is 0 Å². The molecule has 0 atom stereocenters. The molecule has 1 aliphatic rings. The monoisotopic (exact) mass is 290 g/mol. The first-order chi connectivity index (χ1) is 10.1. The van der Waals surface area contributed by atoms with Gasteiger partial charge in [-0.2, -0.15) is 0 Å². The number of aryl methyl sites for hydroxylation is 1. The van der Waals surface area contributed by atoms with E-state index in [1.54, 1.807) is 4.90 Å². The normalized spacial score (nSPS) is 15.6. The lowest BCUT2D eigenvalue weighted by molar-refractivity contribution is -0.121. The molecule has 1 N–H and O–H groups in total. The Morgan fingerprint density at radius 2 is 1.95 bits per heavy atom. The molecule has 114 valence electrons. The Morgan fingerprint density at radius 1 is 1.29 bits per heavy atom. The third-order valence-corrected chi connectivity index (χ3v) is 3.91. The van der Waals surface area contributed by atoms with Gasteiger partial charge in [-0.3, -0.25) is 4.79 Å². The minimum absolute atomic E-state index is 0.0424. The van der Waals surface area contributed by atoms with Crippen LogP contribution in [-0.4, -0.2) is 43.1 Å². The third kappa shape index (κ3) is 4.21. The van der Waals surface area contributed by atoms with E-state index in [0.29, 0.717) is 19.5 Å². The predicted molar refractivity (Wildman–Crippen MR) is 80.0 cm³/mol. The first-order valence-electron chi connectivity index (χ1n) is 7.27. The standard InChI is InChI=1S/C16H22N2O3/c1-12-5-3-4-6-13(12)11-15(19)17-14-7-9-18(10-8-14)16(20)21-2/h3-6,14H,7-11H2,1-2H3,(H,17,19). The highest BCUT2D eigenvalue weighted by atomic mass is 16.5. The second kappa shape index (κ2) is 7.11. The number of benzene rings is 1. The molecule has 2 amide bonds. The number of amides is 2. The molecule has 0 aliphatic carbocycles. The number of hydrogen-bond acceptors (Lipinski definition) is 3. The summed E-state index contributed by atoms with van der Waals surface area (Å²) in [6.07, 6.45) is 1.66. The van der Waals surface area contributed by atoms with Crippen molar-refractivity contribution in [2.24, 2.45) is 0 Å². The van der Waals surface area contributed by atoms with Crippen molar-refractivity contribution in [1.82, 2.24) is 10.2 Å². The van der Waals surface area contributed by atoms with Crippen molar-refractivity contribution in [1.29, 1.82) is 0 Å². The van der Waals surface area contributed by atoms with Crippen LogP contribution in [0.15, 0.2) is 24.3 Å². The minimum atomic E-state index is -0.292. The SMILES string of the molecule is COC(=O)N1CCC(NC(=O)Cc2ccccc2C)CC1. The number of methoxy groups -OCH3 is 1. The van der Waals surface area contributed by atoms with Gasteiger partial charge in [-0.05, 0) is 30.9 Å². The maximum atomic E-state index is 12.1. The molecule has 5 nitrogen and oxygen atoms in total. The van der Waals surface area contributed by atoms with Gasteiger partial charge in [0.2, 0.25) is 5.91 Å². The van der Waals surface area contributed by atoms with Crippen molar-refractivity contribution < 1.29 is 14.3 Å². The number of nitrogens with zero attached hydrogens (tertiary/aromatic N) is 1. The number of carbonyl (C=O) groups excluding carboxylic acids is 2. The smallest absolute Gasteiger partial charge is 0.409 e. The Kier molecular flexibility index (Phi) is 5.20. The number of nitrogens with one attached hydrogen (secondary N) is 1. The maximum absolute atomic E-state index is 12.1. The lowest BCUT2D eigenvalue weighted by atomic mass is 10.0. The summed E-state index contributed by atoms with van der Waals surface area (Å²) in [5, 5.41) is 3.05. The molecule has 1 fully saturated rings. The second-order valence-electron chi connectivity index (χ2n) is 5.40. The van der Waals surface area contributed by atoms with Gasteiger partial charge in [-0.1, -0.05) is 24.3 Å². The van der Waals surface area contributed by atoms with Crippen LogP contribution in [0.25, 0.3) is 0 Å². The second-order valence-corrected chi connectivity index (χ2v) is 5.40. The number of ether oxygens (including phenoxy) is 1. The molecular formula is C16H22N2O3. The van der Waals surface area contributed by atoms with Crippen LogP contribution < -0.4 is 5.32 Å². The zero-order valence-electron chi connectivity index (χ0n) is 12.6. The van der Waals surface area contributed by atoms with E-state index in [1.807, 2.05) is 31.2 Å². The van der Waals surface area contributed by atoms with Gasteiger partial charge in [0, 0.05) is 19.1 Å². The van der Waals surface area contributed by atoms with Crippen LogP contribution in [0, 0.1) is 6.92 Å². The number of carbonyl (C=O) groups is 2. The first kappa shape index (κ1) is 15.4. The molecule has 1 aromatic rings. The van der Waals surface area contributed by atoms with Gasteiger partial charge in [-0.25, -0.2) is 4.79 Å². The maximum Gasteiger partial charge on any atom is 0.409 e. The number of hydrogen-bond donors (Lipinski definition) is 1. The average molecular weight is 290 g/mol. The molecule has 1 aliphatic heterocycles. The molecule has 0 spiro atoms. The Labute approximate surface area is 125 Å². The fourth-order valence-electron chi connectivity index (χ4n) is 2.60. The van der Waals surface area contributed by atoms with E-state index in [2.05, 4.69) is 5.32 Å². The summed E-state index contributed by atoms with van der Waals surface area (Å²) in [5.41, 5.74) is 2.19. The van der Waals surface area contributed by atoms with E-state index in [-0.39, 0.29) is 18.0 Å². The largest absolute Gasteiger partial charge is 0.453 e. The fraction of sp³-hybridized carbons (Fsp3) is 0.500. The van der Waals surface area contributed by atoms with Gasteiger partial charge in [0.15, 0.2) is 0 Å². The van der Waals surface area contributed by atoms with Gasteiger partial charge in [0.1, 0.15) is 0 Å². The molecule has 1 heterocycles. The van der Waals surface area contributed by atoms with Gasteiger partial charge in [-0.15, -0.1) is 0 Å². The van der Waals surface area contributed by atoms with Crippen molar-refractivity contribution in [3.8, 4) is 0 Å². The molecule has 0 bridgehead atoms. The molecule has 21 heavy (non-hydrogen) atoms. The van der Waals surface area contributed by atoms with Gasteiger partial charge >= 0.3 is 6.09 Å². The van der Waals surface area contributed by atoms with Crippen molar-refractivity contribution in [2.75, 3.05) is 20.2 Å². The number of piperidine rings is 1. The van der Waals surface area contributed by atoms with E-state index in [0.717, 1.165) is 24.0 Å². The van der Waals surface area contributed by atoms with Crippen molar-refractivity contribution in [2.45, 2.75) is 32.2 Å². The summed E-state index contributed by atoms with van der Waals surface area (Å²) in [7, 11) is 1.39. The molecule has 1 saturated heterocycles. The quantitative estimate of drug-likeness (QED) is 0.924. The van der Waals surface area contributed by atoms with Gasteiger partial charge in [0.05, 0.1) is 13.5 Å². The average Bonchev–Trinajstić information content (AvgIpc) is 2.49. The highest BCUT2D eigenvalue weighted by Gasteiger charge is 2.24. The molecule has 0 radical (unpaired) electrons. The molecule has 1 aromatic carbocycles. The highest BCUT2D eigenvalue weighted by molar-refractivity contribution is 5.79. The van der Waals surface area contributed by atoms with Crippen LogP contribution in [0.3, 0.4) is 0 Å². The molecule has 5 heteroatoms. The third-order valence-electron chi connectivity index (χ3n) is 3.91. The number of rotatable bonds is 3. The van der Waals surface area contributed by atoms with E-state index in [4.69, 9.17) is 4.74 Å². The minimum Gasteiger partial charge on any atom is -0.453 e. The summed E-state index contributed by atoms with van der Waals surface area (Å²) in [5.74, 6) is 0.0424. The molecule has 2 rings (SSSR count). The molecular weight excluding hydrogens is 268 g/mol. The predicted octanol–water partition coefficient (Wildman–Crippen LogP) is 1.88. The Bertz CT molecular complexity index is 508. The summed E-state index contributed by atoms with van der Waals surface area (Å²) < 4.78 is 4.70. The Morgan fingerprint density at radius 3 is 2.57 bits per heavy atom. The highest BCUT2D eigenvalue weighted by Crippen LogP contribution is 2.12. The number of likely N-dealkylation sites (tertiary alicyclic amines) is 1. The van der Waals surface area contributed by atoms with Crippen molar-refractivity contribution >= 4 is 12.0 Å².